The lowest BCUT2D eigenvalue weighted by atomic mass is 9.90. The van der Waals surface area contributed by atoms with Gasteiger partial charge in [0.15, 0.2) is 0 Å². The van der Waals surface area contributed by atoms with Gasteiger partial charge in [-0.25, -0.2) is 9.13 Å². The molecular formula is C61H48N2O4. The minimum absolute atomic E-state index is 0.0798. The van der Waals surface area contributed by atoms with E-state index in [0.717, 1.165) is 92.5 Å². The van der Waals surface area contributed by atoms with Crippen LogP contribution in [0.25, 0.3) is 110 Å². The summed E-state index contributed by atoms with van der Waals surface area (Å²) in [5, 5.41) is 13.6. The highest BCUT2D eigenvalue weighted by molar-refractivity contribution is 6.10. The van der Waals surface area contributed by atoms with Crippen LogP contribution in [-0.2, 0) is 0 Å². The van der Waals surface area contributed by atoms with Crippen LogP contribution < -0.4 is 22.2 Å². The number of fused-ring (bicyclic) bond motifs is 8. The molecule has 0 atom stereocenters. The van der Waals surface area contributed by atoms with E-state index in [0.29, 0.717) is 32.9 Å². The van der Waals surface area contributed by atoms with E-state index in [1.165, 1.54) is 9.13 Å². The summed E-state index contributed by atoms with van der Waals surface area (Å²) in [4.78, 5) is 56.7. The van der Waals surface area contributed by atoms with Crippen LogP contribution >= 0.6 is 0 Å². The molecule has 0 bridgehead atoms. The molecule has 0 fully saturated rings. The molecule has 0 N–H and O–H groups in total. The molecule has 0 saturated carbocycles. The fraction of sp³-hybridized carbons (Fsp3) is 0.148. The minimum Gasteiger partial charge on any atom is -0.268 e. The first-order chi connectivity index (χ1) is 32.2. The lowest BCUT2D eigenvalue weighted by Gasteiger charge is -2.20. The smallest absolute Gasteiger partial charge is 0.266 e. The van der Waals surface area contributed by atoms with Gasteiger partial charge < -0.3 is 0 Å². The average Bonchev–Trinajstić information content (AvgIpc) is 3.69. The molecule has 0 aliphatic heterocycles. The maximum Gasteiger partial charge on any atom is 0.266 e. The molecule has 11 aromatic rings. The number of benzene rings is 8. The van der Waals surface area contributed by atoms with E-state index in [1.807, 2.05) is 60.7 Å². The van der Waals surface area contributed by atoms with E-state index in [-0.39, 0.29) is 40.0 Å². The minimum atomic E-state index is -0.314. The van der Waals surface area contributed by atoms with E-state index < -0.39 is 0 Å². The lowest BCUT2D eigenvalue weighted by Crippen LogP contribution is -2.26. The third kappa shape index (κ3) is 6.53. The molecule has 0 unspecified atom stereocenters. The Hall–Kier alpha value is -7.96. The molecule has 6 heteroatoms. The third-order valence-electron chi connectivity index (χ3n) is 13.9. The van der Waals surface area contributed by atoms with Crippen molar-refractivity contribution in [2.24, 2.45) is 0 Å². The van der Waals surface area contributed by atoms with Gasteiger partial charge in [0, 0.05) is 0 Å². The quantitative estimate of drug-likeness (QED) is 0.149. The molecular weight excluding hydrogens is 825 g/mol. The van der Waals surface area contributed by atoms with Crippen LogP contribution in [0.4, 0.5) is 0 Å². The molecule has 0 radical (unpaired) electrons. The second-order valence-corrected chi connectivity index (χ2v) is 19.1. The van der Waals surface area contributed by atoms with Gasteiger partial charge in [-0.3, -0.25) is 19.2 Å². The summed E-state index contributed by atoms with van der Waals surface area (Å²) in [6.45, 7) is 20.4. The Kier molecular flexibility index (Phi) is 9.54. The number of nitrogens with zero attached hydrogens (tertiary/aromatic N) is 2. The highest BCUT2D eigenvalue weighted by Gasteiger charge is 2.24. The lowest BCUT2D eigenvalue weighted by molar-refractivity contribution is 0.795. The van der Waals surface area contributed by atoms with Crippen molar-refractivity contribution in [1.29, 1.82) is 0 Å². The Labute approximate surface area is 386 Å². The molecule has 0 aliphatic rings. The van der Waals surface area contributed by atoms with Gasteiger partial charge in [-0.05, 0) is 207 Å². The predicted octanol–water partition coefficient (Wildman–Crippen LogP) is 14.0. The van der Waals surface area contributed by atoms with Crippen molar-refractivity contribution in [3.8, 4) is 11.4 Å². The van der Waals surface area contributed by atoms with Crippen LogP contribution in [0.15, 0.2) is 160 Å². The Bertz CT molecular complexity index is 4040. The fourth-order valence-corrected chi connectivity index (χ4v) is 10.3. The SMILES string of the molecule is C=Cc1ccc(-n2c(=O)c3cc4cc5cc6ccc7cc8cc9cc%10c(=O)n(-c%11c(C(C)C)cc(C=C)cc%11C(C)C)c(=O)c%10cc9cc8cc7ccc6cc5cc4cc3c2=O)c(C(C)C)c1. The van der Waals surface area contributed by atoms with Crippen LogP contribution in [0.2, 0.25) is 0 Å². The first kappa shape index (κ1) is 41.7. The third-order valence-corrected chi connectivity index (χ3v) is 13.9. The summed E-state index contributed by atoms with van der Waals surface area (Å²) < 4.78 is 2.73. The monoisotopic (exact) mass is 872 g/mol. The molecule has 2 heterocycles. The van der Waals surface area contributed by atoms with E-state index in [4.69, 9.17) is 0 Å². The van der Waals surface area contributed by atoms with Gasteiger partial charge in [0.1, 0.15) is 0 Å². The van der Waals surface area contributed by atoms with Crippen molar-refractivity contribution in [3.63, 3.8) is 0 Å². The van der Waals surface area contributed by atoms with Crippen LogP contribution in [0.1, 0.15) is 87.1 Å². The topological polar surface area (TPSA) is 78.1 Å². The fourth-order valence-electron chi connectivity index (χ4n) is 10.3. The van der Waals surface area contributed by atoms with Gasteiger partial charge in [0.25, 0.3) is 22.2 Å². The Balaban J connectivity index is 1.03. The molecule has 9 aromatic carbocycles. The zero-order valence-electron chi connectivity index (χ0n) is 38.5. The van der Waals surface area contributed by atoms with Crippen molar-refractivity contribution < 1.29 is 0 Å². The van der Waals surface area contributed by atoms with Crippen LogP contribution in [0.5, 0.6) is 0 Å². The van der Waals surface area contributed by atoms with E-state index in [9.17, 15) is 19.2 Å². The standard InChI is InChI=1S/C61H48N2O4/c1-9-35-11-16-56(49(17-35)32(3)4)62-58(64)52-28-45-24-41-20-37-12-14-39-22-43-26-47-30-54-55(61(67)63(60(54)66)57-50(33(5)6)18-36(10-2)19-51(57)34(7)8)31-48(47)27-44(43)23-40(39)15-13-38(37)21-42(41)25-46(45)29-53(52)59(62)65/h9-34H,1-2H2,3-8H3. The molecule has 67 heavy (non-hydrogen) atoms. The average molecular weight is 873 g/mol. The van der Waals surface area contributed by atoms with E-state index in [1.54, 1.807) is 6.08 Å². The Morgan fingerprint density at radius 1 is 0.343 bits per heavy atom. The van der Waals surface area contributed by atoms with Gasteiger partial charge >= 0.3 is 0 Å². The summed E-state index contributed by atoms with van der Waals surface area (Å²) in [5.74, 6) is 0.254. The van der Waals surface area contributed by atoms with Crippen LogP contribution in [-0.4, -0.2) is 9.13 Å². The first-order valence-corrected chi connectivity index (χ1v) is 23.0. The summed E-state index contributed by atoms with van der Waals surface area (Å²) in [5.41, 5.74) is 4.80. The van der Waals surface area contributed by atoms with Gasteiger partial charge in [0.2, 0.25) is 0 Å². The van der Waals surface area contributed by atoms with Crippen molar-refractivity contribution in [1.82, 2.24) is 9.13 Å². The van der Waals surface area contributed by atoms with Gasteiger partial charge in [-0.15, -0.1) is 0 Å². The molecule has 2 aromatic heterocycles. The largest absolute Gasteiger partial charge is 0.268 e. The summed E-state index contributed by atoms with van der Waals surface area (Å²) >= 11 is 0. The summed E-state index contributed by atoms with van der Waals surface area (Å²) in [6, 6.07) is 43.0. The molecule has 0 aliphatic carbocycles. The maximum absolute atomic E-state index is 14.3. The molecule has 6 nitrogen and oxygen atoms in total. The number of rotatable bonds is 7. The van der Waals surface area contributed by atoms with Crippen molar-refractivity contribution >= 4 is 98.3 Å². The first-order valence-electron chi connectivity index (χ1n) is 23.0. The van der Waals surface area contributed by atoms with Crippen LogP contribution in [0.3, 0.4) is 0 Å². The zero-order chi connectivity index (χ0) is 46.7. The highest BCUT2D eigenvalue weighted by Crippen LogP contribution is 2.35. The molecule has 0 spiro atoms. The normalized spacial score (nSPS) is 12.2. The number of hydrogen-bond donors (Lipinski definition) is 0. The van der Waals surface area contributed by atoms with Gasteiger partial charge in [0.05, 0.1) is 32.9 Å². The predicted molar refractivity (Wildman–Crippen MR) is 284 cm³/mol. The second kappa shape index (κ2) is 15.3. The maximum atomic E-state index is 14.3. The molecule has 0 amide bonds. The summed E-state index contributed by atoms with van der Waals surface area (Å²) in [6.07, 6.45) is 3.59. The zero-order valence-corrected chi connectivity index (χ0v) is 38.5. The Morgan fingerprint density at radius 2 is 0.642 bits per heavy atom. The van der Waals surface area contributed by atoms with Crippen molar-refractivity contribution in [3.05, 3.63) is 210 Å². The number of hydrogen-bond acceptors (Lipinski definition) is 4. The van der Waals surface area contributed by atoms with Gasteiger partial charge in [-0.1, -0.05) is 97.2 Å². The second-order valence-electron chi connectivity index (χ2n) is 19.1. The van der Waals surface area contributed by atoms with E-state index in [2.05, 4.69) is 127 Å². The summed E-state index contributed by atoms with van der Waals surface area (Å²) in [7, 11) is 0. The van der Waals surface area contributed by atoms with Crippen molar-refractivity contribution in [2.75, 3.05) is 0 Å². The Morgan fingerprint density at radius 3 is 0.970 bits per heavy atom. The molecule has 0 saturated heterocycles. The van der Waals surface area contributed by atoms with E-state index >= 15 is 0 Å². The van der Waals surface area contributed by atoms with Crippen LogP contribution in [0, 0.1) is 0 Å². The molecule has 326 valence electrons. The highest BCUT2D eigenvalue weighted by atomic mass is 16.2. The number of aromatic nitrogens is 2. The van der Waals surface area contributed by atoms with Crippen molar-refractivity contribution in [2.45, 2.75) is 59.3 Å². The molecule has 11 rings (SSSR count). The van der Waals surface area contributed by atoms with Gasteiger partial charge in [-0.2, -0.15) is 0 Å².